The fraction of sp³-hybridized carbons (Fsp3) is 0.300. The molecule has 2 rings (SSSR count). The number of fused-ring (bicyclic) bond motifs is 1. The molecule has 0 fully saturated rings. The SMILES string of the molecule is N=[N+]=NC1Cc2cc(Br)ccc2N(C(=O)[O-])C1. The molecule has 1 atom stereocenters. The molecule has 0 aliphatic carbocycles. The van der Waals surface area contributed by atoms with E-state index in [9.17, 15) is 9.90 Å². The molecule has 0 radical (unpaired) electrons. The maximum absolute atomic E-state index is 11.0. The zero-order chi connectivity index (χ0) is 12.4. The second-order valence-corrected chi connectivity index (χ2v) is 4.64. The van der Waals surface area contributed by atoms with Gasteiger partial charge in [-0.1, -0.05) is 15.9 Å². The molecule has 1 aliphatic rings. The standard InChI is InChI=1S/C10H9BrN4O2/c11-7-1-2-9-6(3-7)4-8(13-14-12)5-15(9)10(16)17/h1-3,8,12H,4-5H2. The summed E-state index contributed by atoms with van der Waals surface area (Å²) in [6, 6.07) is 5.02. The molecule has 88 valence electrons. The van der Waals surface area contributed by atoms with Crippen molar-refractivity contribution in [2.24, 2.45) is 5.11 Å². The van der Waals surface area contributed by atoms with Crippen LogP contribution in [0.15, 0.2) is 27.8 Å². The van der Waals surface area contributed by atoms with Gasteiger partial charge in [0.25, 0.3) is 0 Å². The summed E-state index contributed by atoms with van der Waals surface area (Å²) in [5, 5.41) is 14.7. The molecular formula is C10H9BrN4O2. The van der Waals surface area contributed by atoms with E-state index in [2.05, 4.69) is 26.0 Å². The molecule has 1 heterocycles. The molecule has 0 bridgehead atoms. The number of carbonyl (C=O) groups is 1. The number of carboxylic acid groups (broad SMARTS) is 1. The summed E-state index contributed by atoms with van der Waals surface area (Å²) in [4.78, 5) is 15.1. The first kappa shape index (κ1) is 11.8. The monoisotopic (exact) mass is 296 g/mol. The number of anilines is 1. The van der Waals surface area contributed by atoms with Gasteiger partial charge in [0.05, 0.1) is 6.54 Å². The first-order valence-corrected chi connectivity index (χ1v) is 5.74. The van der Waals surface area contributed by atoms with Crippen molar-refractivity contribution in [1.82, 2.24) is 4.91 Å². The van der Waals surface area contributed by atoms with Gasteiger partial charge in [0.1, 0.15) is 16.7 Å². The highest BCUT2D eigenvalue weighted by Gasteiger charge is 2.27. The Labute approximate surface area is 106 Å². The van der Waals surface area contributed by atoms with Crippen molar-refractivity contribution in [1.29, 1.82) is 5.53 Å². The molecule has 1 aromatic rings. The lowest BCUT2D eigenvalue weighted by Gasteiger charge is -2.32. The lowest BCUT2D eigenvalue weighted by Crippen LogP contribution is -2.48. The molecule has 7 heteroatoms. The van der Waals surface area contributed by atoms with Crippen LogP contribution in [0, 0.1) is 5.53 Å². The molecule has 1 N–H and O–H groups in total. The smallest absolute Gasteiger partial charge is 0.214 e. The normalized spacial score (nSPS) is 18.2. The minimum Gasteiger partial charge on any atom is -0.530 e. The predicted octanol–water partition coefficient (Wildman–Crippen LogP) is 1.07. The summed E-state index contributed by atoms with van der Waals surface area (Å²) in [5.41, 5.74) is 8.18. The van der Waals surface area contributed by atoms with Crippen molar-refractivity contribution < 1.29 is 9.90 Å². The molecule has 0 spiro atoms. The third-order valence-corrected chi connectivity index (χ3v) is 3.12. The van der Waals surface area contributed by atoms with E-state index in [1.807, 2.05) is 6.07 Å². The van der Waals surface area contributed by atoms with Crippen molar-refractivity contribution in [2.75, 3.05) is 11.4 Å². The summed E-state index contributed by atoms with van der Waals surface area (Å²) < 4.78 is 0.873. The van der Waals surface area contributed by atoms with Crippen LogP contribution in [0.1, 0.15) is 5.56 Å². The van der Waals surface area contributed by atoms with Gasteiger partial charge in [-0.25, -0.2) is 0 Å². The zero-order valence-corrected chi connectivity index (χ0v) is 10.3. The highest BCUT2D eigenvalue weighted by molar-refractivity contribution is 9.10. The summed E-state index contributed by atoms with van der Waals surface area (Å²) in [5.74, 6) is 0. The molecular weight excluding hydrogens is 288 g/mol. The molecule has 1 aliphatic heterocycles. The van der Waals surface area contributed by atoms with Crippen molar-refractivity contribution in [2.45, 2.75) is 12.5 Å². The molecule has 0 saturated carbocycles. The Kier molecular flexibility index (Phi) is 3.21. The first-order valence-electron chi connectivity index (χ1n) is 4.95. The van der Waals surface area contributed by atoms with E-state index >= 15 is 0 Å². The van der Waals surface area contributed by atoms with Crippen LogP contribution in [-0.4, -0.2) is 18.7 Å². The minimum absolute atomic E-state index is 0.180. The molecule has 17 heavy (non-hydrogen) atoms. The number of carbonyl (C=O) groups excluding carboxylic acids is 1. The van der Waals surface area contributed by atoms with E-state index in [1.165, 1.54) is 0 Å². The Balaban J connectivity index is 2.44. The fourth-order valence-electron chi connectivity index (χ4n) is 1.94. The van der Waals surface area contributed by atoms with Gasteiger partial charge in [-0.05, 0) is 23.8 Å². The number of hydrogen-bond acceptors (Lipinski definition) is 4. The number of hydrogen-bond donors (Lipinski definition) is 1. The molecule has 1 aromatic carbocycles. The van der Waals surface area contributed by atoms with Crippen molar-refractivity contribution in [3.63, 3.8) is 0 Å². The maximum Gasteiger partial charge on any atom is 0.214 e. The number of benzene rings is 1. The van der Waals surface area contributed by atoms with Gasteiger partial charge in [-0.3, -0.25) is 0 Å². The Hall–Kier alpha value is -1.72. The molecule has 0 saturated heterocycles. The molecule has 6 nitrogen and oxygen atoms in total. The zero-order valence-electron chi connectivity index (χ0n) is 8.76. The van der Waals surface area contributed by atoms with Crippen LogP contribution in [0.5, 0.6) is 0 Å². The number of rotatable bonds is 1. The highest BCUT2D eigenvalue weighted by atomic mass is 79.9. The van der Waals surface area contributed by atoms with E-state index in [4.69, 9.17) is 5.53 Å². The van der Waals surface area contributed by atoms with Crippen molar-refractivity contribution >= 4 is 27.7 Å². The van der Waals surface area contributed by atoms with E-state index in [1.54, 1.807) is 12.1 Å². The van der Waals surface area contributed by atoms with Gasteiger partial charge in [-0.2, -0.15) is 0 Å². The minimum atomic E-state index is -1.27. The van der Waals surface area contributed by atoms with Crippen LogP contribution in [-0.2, 0) is 6.42 Å². The quantitative estimate of drug-likeness (QED) is 0.620. The van der Waals surface area contributed by atoms with Crippen LogP contribution < -0.4 is 14.9 Å². The number of nitrogens with one attached hydrogen (secondary N) is 1. The van der Waals surface area contributed by atoms with Gasteiger partial charge in [0, 0.05) is 16.6 Å². The predicted molar refractivity (Wildman–Crippen MR) is 61.7 cm³/mol. The third kappa shape index (κ3) is 2.35. The number of halogens is 1. The molecule has 0 aromatic heterocycles. The van der Waals surface area contributed by atoms with Crippen LogP contribution in [0.25, 0.3) is 0 Å². The van der Waals surface area contributed by atoms with Crippen LogP contribution in [0.2, 0.25) is 0 Å². The van der Waals surface area contributed by atoms with Crippen LogP contribution in [0.4, 0.5) is 10.5 Å². The lowest BCUT2D eigenvalue weighted by molar-refractivity contribution is -0.246. The van der Waals surface area contributed by atoms with E-state index in [0.717, 1.165) is 14.9 Å². The van der Waals surface area contributed by atoms with E-state index in [0.29, 0.717) is 12.1 Å². The molecule has 1 unspecified atom stereocenters. The van der Waals surface area contributed by atoms with Crippen LogP contribution in [0.3, 0.4) is 0 Å². The second kappa shape index (κ2) is 4.65. The Morgan fingerprint density at radius 2 is 2.41 bits per heavy atom. The lowest BCUT2D eigenvalue weighted by atomic mass is 9.99. The first-order chi connectivity index (χ1) is 8.11. The summed E-state index contributed by atoms with van der Waals surface area (Å²) in [7, 11) is 0. The Bertz CT molecular complexity index is 513. The second-order valence-electron chi connectivity index (χ2n) is 3.72. The number of nitrogens with zero attached hydrogens (tertiary/aromatic N) is 3. The summed E-state index contributed by atoms with van der Waals surface area (Å²) in [6.07, 6.45) is -0.695. The van der Waals surface area contributed by atoms with Gasteiger partial charge in [0.15, 0.2) is 6.04 Å². The average molecular weight is 297 g/mol. The summed E-state index contributed by atoms with van der Waals surface area (Å²) >= 11 is 3.33. The summed E-state index contributed by atoms with van der Waals surface area (Å²) in [6.45, 7) is 0.180. The Morgan fingerprint density at radius 3 is 3.06 bits per heavy atom. The fourth-order valence-corrected chi connectivity index (χ4v) is 2.35. The van der Waals surface area contributed by atoms with E-state index in [-0.39, 0.29) is 12.6 Å². The van der Waals surface area contributed by atoms with Gasteiger partial charge in [0.2, 0.25) is 4.91 Å². The van der Waals surface area contributed by atoms with Gasteiger partial charge in [-0.15, -0.1) is 0 Å². The van der Waals surface area contributed by atoms with E-state index < -0.39 is 6.09 Å². The van der Waals surface area contributed by atoms with Crippen molar-refractivity contribution in [3.05, 3.63) is 28.2 Å². The average Bonchev–Trinajstić information content (AvgIpc) is 2.27. The largest absolute Gasteiger partial charge is 0.530 e. The highest BCUT2D eigenvalue weighted by Crippen LogP contribution is 2.30. The number of amides is 1. The van der Waals surface area contributed by atoms with Gasteiger partial charge >= 0.3 is 0 Å². The van der Waals surface area contributed by atoms with Crippen LogP contribution >= 0.6 is 15.9 Å². The molecule has 1 amide bonds. The van der Waals surface area contributed by atoms with Crippen molar-refractivity contribution in [3.8, 4) is 0 Å². The third-order valence-electron chi connectivity index (χ3n) is 2.62. The van der Waals surface area contributed by atoms with Gasteiger partial charge < -0.3 is 14.8 Å². The maximum atomic E-state index is 11.0. The Morgan fingerprint density at radius 1 is 1.65 bits per heavy atom. The topological polar surface area (TPSA) is 93.7 Å².